The molecule has 0 unspecified atom stereocenters. The zero-order valence-electron chi connectivity index (χ0n) is 17.8. The van der Waals surface area contributed by atoms with Gasteiger partial charge in [-0.3, -0.25) is 9.69 Å². The Balaban J connectivity index is 1.72. The minimum absolute atomic E-state index is 0.120. The van der Waals surface area contributed by atoms with Crippen LogP contribution in [0.25, 0.3) is 5.57 Å². The molecule has 1 fully saturated rings. The fourth-order valence-electron chi connectivity index (χ4n) is 3.72. The van der Waals surface area contributed by atoms with E-state index in [0.717, 1.165) is 19.4 Å². The van der Waals surface area contributed by atoms with Gasteiger partial charge in [-0.15, -0.1) is 0 Å². The first-order valence-corrected chi connectivity index (χ1v) is 11.3. The van der Waals surface area contributed by atoms with Gasteiger partial charge in [-0.2, -0.15) is 0 Å². The van der Waals surface area contributed by atoms with Crippen LogP contribution in [0.2, 0.25) is 10.0 Å². The van der Waals surface area contributed by atoms with Gasteiger partial charge in [0.15, 0.2) is 0 Å². The molecule has 172 valence electrons. The molecule has 8 heteroatoms. The van der Waals surface area contributed by atoms with Crippen molar-refractivity contribution in [3.8, 4) is 0 Å². The van der Waals surface area contributed by atoms with Gasteiger partial charge in [0.25, 0.3) is 0 Å². The number of carbonyl (C=O) groups excluding carboxylic acids is 1. The SMILES string of the molecule is CCOC(=O)[C@@H]1CCCN(CCOC=C(c2ccc(F)cc2Cl)c2ccc(F)cc2Cl)C1. The van der Waals surface area contributed by atoms with E-state index in [-0.39, 0.29) is 21.9 Å². The van der Waals surface area contributed by atoms with Gasteiger partial charge >= 0.3 is 5.97 Å². The molecule has 1 heterocycles. The minimum Gasteiger partial charge on any atom is -0.499 e. The van der Waals surface area contributed by atoms with E-state index in [2.05, 4.69) is 4.90 Å². The van der Waals surface area contributed by atoms with E-state index in [1.807, 2.05) is 0 Å². The Morgan fingerprint density at radius 1 is 1.12 bits per heavy atom. The van der Waals surface area contributed by atoms with Crippen molar-refractivity contribution in [3.05, 3.63) is 75.5 Å². The molecular weight excluding hydrogens is 459 g/mol. The van der Waals surface area contributed by atoms with E-state index in [1.54, 1.807) is 6.92 Å². The summed E-state index contributed by atoms with van der Waals surface area (Å²) >= 11 is 12.5. The highest BCUT2D eigenvalue weighted by Gasteiger charge is 2.26. The number of hydrogen-bond acceptors (Lipinski definition) is 4. The third-order valence-corrected chi connectivity index (χ3v) is 5.92. The molecule has 0 amide bonds. The van der Waals surface area contributed by atoms with Gasteiger partial charge in [0.05, 0.1) is 28.8 Å². The van der Waals surface area contributed by atoms with Gasteiger partial charge in [-0.1, -0.05) is 23.2 Å². The predicted octanol–water partition coefficient (Wildman–Crippen LogP) is 5.95. The van der Waals surface area contributed by atoms with Crippen molar-refractivity contribution in [2.45, 2.75) is 19.8 Å². The average Bonchev–Trinajstić information content (AvgIpc) is 2.75. The van der Waals surface area contributed by atoms with Crippen molar-refractivity contribution in [2.24, 2.45) is 5.92 Å². The maximum absolute atomic E-state index is 13.5. The predicted molar refractivity (Wildman–Crippen MR) is 122 cm³/mol. The van der Waals surface area contributed by atoms with Crippen molar-refractivity contribution in [2.75, 3.05) is 32.8 Å². The van der Waals surface area contributed by atoms with Crippen LogP contribution in [0.15, 0.2) is 42.7 Å². The van der Waals surface area contributed by atoms with Crippen LogP contribution in [0.1, 0.15) is 30.9 Å². The summed E-state index contributed by atoms with van der Waals surface area (Å²) in [6.45, 7) is 4.67. The Kier molecular flexibility index (Phi) is 8.91. The third-order valence-electron chi connectivity index (χ3n) is 5.29. The molecule has 0 aromatic heterocycles. The summed E-state index contributed by atoms with van der Waals surface area (Å²) < 4.78 is 38.0. The molecule has 0 aliphatic carbocycles. The lowest BCUT2D eigenvalue weighted by Gasteiger charge is -2.31. The summed E-state index contributed by atoms with van der Waals surface area (Å²) in [4.78, 5) is 14.2. The maximum atomic E-state index is 13.5. The van der Waals surface area contributed by atoms with E-state index in [9.17, 15) is 13.6 Å². The van der Waals surface area contributed by atoms with Gasteiger partial charge in [0.1, 0.15) is 18.2 Å². The van der Waals surface area contributed by atoms with Crippen LogP contribution in [-0.4, -0.2) is 43.7 Å². The Labute approximate surface area is 196 Å². The van der Waals surface area contributed by atoms with Crippen molar-refractivity contribution < 1.29 is 23.0 Å². The summed E-state index contributed by atoms with van der Waals surface area (Å²) in [5, 5.41) is 0.377. The molecule has 32 heavy (non-hydrogen) atoms. The zero-order chi connectivity index (χ0) is 23.1. The van der Waals surface area contributed by atoms with Crippen LogP contribution in [0.4, 0.5) is 8.78 Å². The number of halogens is 4. The quantitative estimate of drug-likeness (QED) is 0.264. The number of carbonyl (C=O) groups is 1. The molecule has 1 saturated heterocycles. The van der Waals surface area contributed by atoms with Crippen molar-refractivity contribution in [3.63, 3.8) is 0 Å². The largest absolute Gasteiger partial charge is 0.499 e. The fraction of sp³-hybridized carbons (Fsp3) is 0.375. The number of hydrogen-bond donors (Lipinski definition) is 0. The van der Waals surface area contributed by atoms with E-state index in [1.165, 1.54) is 42.7 Å². The Bertz CT molecular complexity index is 930. The van der Waals surface area contributed by atoms with Crippen molar-refractivity contribution >= 4 is 34.7 Å². The van der Waals surface area contributed by atoms with Crippen LogP contribution < -0.4 is 0 Å². The molecule has 2 aromatic rings. The lowest BCUT2D eigenvalue weighted by Crippen LogP contribution is -2.40. The first-order valence-electron chi connectivity index (χ1n) is 10.5. The molecule has 4 nitrogen and oxygen atoms in total. The summed E-state index contributed by atoms with van der Waals surface area (Å²) in [5.74, 6) is -1.21. The Morgan fingerprint density at radius 2 is 1.75 bits per heavy atom. The molecule has 1 aliphatic rings. The number of likely N-dealkylation sites (tertiary alicyclic amines) is 1. The second-order valence-corrected chi connectivity index (χ2v) is 8.36. The fourth-order valence-corrected chi connectivity index (χ4v) is 4.26. The topological polar surface area (TPSA) is 38.8 Å². The van der Waals surface area contributed by atoms with E-state index < -0.39 is 11.6 Å². The van der Waals surface area contributed by atoms with Gasteiger partial charge in [0.2, 0.25) is 0 Å². The number of nitrogens with zero attached hydrogens (tertiary/aromatic N) is 1. The van der Waals surface area contributed by atoms with Gasteiger partial charge in [0, 0.05) is 29.8 Å². The highest BCUT2D eigenvalue weighted by Crippen LogP contribution is 2.34. The lowest BCUT2D eigenvalue weighted by molar-refractivity contribution is -0.150. The maximum Gasteiger partial charge on any atom is 0.310 e. The van der Waals surface area contributed by atoms with Crippen LogP contribution in [0, 0.1) is 17.6 Å². The summed E-state index contributed by atoms with van der Waals surface area (Å²) in [6, 6.07) is 8.03. The summed E-state index contributed by atoms with van der Waals surface area (Å²) in [6.07, 6.45) is 3.25. The summed E-state index contributed by atoms with van der Waals surface area (Å²) in [5.41, 5.74) is 1.55. The number of benzene rings is 2. The van der Waals surface area contributed by atoms with E-state index in [4.69, 9.17) is 32.7 Å². The van der Waals surface area contributed by atoms with E-state index in [0.29, 0.717) is 43.0 Å². The first-order chi connectivity index (χ1) is 15.4. The second-order valence-electron chi connectivity index (χ2n) is 7.54. The van der Waals surface area contributed by atoms with Crippen molar-refractivity contribution in [1.82, 2.24) is 4.90 Å². The van der Waals surface area contributed by atoms with Crippen molar-refractivity contribution in [1.29, 1.82) is 0 Å². The first kappa shape index (κ1) is 24.5. The van der Waals surface area contributed by atoms with Gasteiger partial charge < -0.3 is 9.47 Å². The highest BCUT2D eigenvalue weighted by molar-refractivity contribution is 6.34. The van der Waals surface area contributed by atoms with E-state index >= 15 is 0 Å². The number of ether oxygens (including phenoxy) is 2. The van der Waals surface area contributed by atoms with Crippen LogP contribution >= 0.6 is 23.2 Å². The molecule has 1 atom stereocenters. The van der Waals surface area contributed by atoms with Crippen LogP contribution in [-0.2, 0) is 14.3 Å². The number of piperidine rings is 1. The van der Waals surface area contributed by atoms with Gasteiger partial charge in [-0.05, 0) is 62.7 Å². The highest BCUT2D eigenvalue weighted by atomic mass is 35.5. The molecule has 0 bridgehead atoms. The smallest absolute Gasteiger partial charge is 0.310 e. The van der Waals surface area contributed by atoms with Gasteiger partial charge in [-0.25, -0.2) is 8.78 Å². The monoisotopic (exact) mass is 483 g/mol. The molecule has 1 aliphatic heterocycles. The molecular formula is C24H25Cl2F2NO3. The zero-order valence-corrected chi connectivity index (χ0v) is 19.3. The standard InChI is InChI=1S/C24H25Cl2F2NO3/c1-2-32-24(30)16-4-3-9-29(14-16)10-11-31-15-21(19-7-5-17(27)12-22(19)25)20-8-6-18(28)13-23(20)26/h5-8,12-13,15-16H,2-4,9-11,14H2,1H3/t16-/m1/s1. The number of esters is 1. The molecule has 0 radical (unpaired) electrons. The molecule has 0 spiro atoms. The molecule has 2 aromatic carbocycles. The number of rotatable bonds is 8. The Hall–Kier alpha value is -2.15. The summed E-state index contributed by atoms with van der Waals surface area (Å²) in [7, 11) is 0. The van der Waals surface area contributed by atoms with Crippen LogP contribution in [0.3, 0.4) is 0 Å². The average molecular weight is 484 g/mol. The second kappa shape index (κ2) is 11.6. The third kappa shape index (κ3) is 6.44. The Morgan fingerprint density at radius 3 is 2.31 bits per heavy atom. The minimum atomic E-state index is -0.467. The molecule has 0 saturated carbocycles. The normalized spacial score (nSPS) is 16.5. The molecule has 0 N–H and O–H groups in total. The lowest BCUT2D eigenvalue weighted by atomic mass is 9.98. The van der Waals surface area contributed by atoms with Crippen LogP contribution in [0.5, 0.6) is 0 Å². The molecule has 3 rings (SSSR count).